The predicted octanol–water partition coefficient (Wildman–Crippen LogP) is 13.8. The van der Waals surface area contributed by atoms with Crippen LogP contribution in [0.1, 0.15) is 206 Å². The molecule has 1 saturated carbocycles. The maximum atomic E-state index is 6.83. The number of hydrogen-bond acceptors (Lipinski definition) is 3. The first-order valence-corrected chi connectivity index (χ1v) is 21.1. The highest BCUT2D eigenvalue weighted by Gasteiger charge is 2.51. The van der Waals surface area contributed by atoms with Crippen molar-refractivity contribution in [2.75, 3.05) is 14.1 Å². The molecule has 0 spiro atoms. The second-order valence-corrected chi connectivity index (χ2v) is 15.3. The molecule has 2 aliphatic rings. The molecule has 0 bridgehead atoms. The maximum absolute atomic E-state index is 6.83. The fourth-order valence-corrected chi connectivity index (χ4v) is 7.57. The van der Waals surface area contributed by atoms with Gasteiger partial charge in [0.2, 0.25) is 0 Å². The Morgan fingerprint density at radius 1 is 0.468 bits per heavy atom. The zero-order valence-corrected chi connectivity index (χ0v) is 32.2. The van der Waals surface area contributed by atoms with Gasteiger partial charge in [-0.15, -0.1) is 0 Å². The van der Waals surface area contributed by atoms with Gasteiger partial charge >= 0.3 is 0 Å². The first kappa shape index (κ1) is 42.3. The van der Waals surface area contributed by atoms with E-state index in [1.807, 2.05) is 0 Å². The third kappa shape index (κ3) is 21.0. The van der Waals surface area contributed by atoms with Gasteiger partial charge in [0.15, 0.2) is 5.79 Å². The van der Waals surface area contributed by atoms with E-state index in [1.165, 1.54) is 161 Å². The van der Waals surface area contributed by atoms with Crippen LogP contribution < -0.4 is 0 Å². The highest BCUT2D eigenvalue weighted by Crippen LogP contribution is 2.44. The van der Waals surface area contributed by atoms with E-state index >= 15 is 0 Å². The Hall–Kier alpha value is -0.900. The van der Waals surface area contributed by atoms with E-state index < -0.39 is 0 Å². The number of rotatable bonds is 32. The molecule has 0 amide bonds. The van der Waals surface area contributed by atoms with Crippen molar-refractivity contribution in [1.82, 2.24) is 4.90 Å². The number of fused-ring (bicyclic) bond motifs is 1. The van der Waals surface area contributed by atoms with Gasteiger partial charge in [0.1, 0.15) is 0 Å². The molecule has 1 aliphatic heterocycles. The summed E-state index contributed by atoms with van der Waals surface area (Å²) in [5.41, 5.74) is 0. The molecule has 1 unspecified atom stereocenters. The molecule has 47 heavy (non-hydrogen) atoms. The van der Waals surface area contributed by atoms with Gasteiger partial charge in [-0.25, -0.2) is 0 Å². The third-order valence-electron chi connectivity index (χ3n) is 10.7. The summed E-state index contributed by atoms with van der Waals surface area (Å²) in [5, 5.41) is 0. The summed E-state index contributed by atoms with van der Waals surface area (Å²) < 4.78 is 13.7. The topological polar surface area (TPSA) is 21.7 Å². The lowest BCUT2D eigenvalue weighted by Gasteiger charge is -2.31. The largest absolute Gasteiger partial charge is 0.344 e. The molecule has 1 saturated heterocycles. The minimum Gasteiger partial charge on any atom is -0.344 e. The summed E-state index contributed by atoms with van der Waals surface area (Å²) in [7, 11) is 4.41. The normalized spacial score (nSPS) is 23.0. The summed E-state index contributed by atoms with van der Waals surface area (Å²) >= 11 is 0. The Kier molecular flexibility index (Phi) is 26.0. The molecule has 0 radical (unpaired) electrons. The zero-order chi connectivity index (χ0) is 33.7. The maximum Gasteiger partial charge on any atom is 0.169 e. The van der Waals surface area contributed by atoms with Gasteiger partial charge in [-0.05, 0) is 97.6 Å². The lowest BCUT2D eigenvalue weighted by Crippen LogP contribution is -2.34. The van der Waals surface area contributed by atoms with Crippen LogP contribution in [0.15, 0.2) is 36.5 Å². The summed E-state index contributed by atoms with van der Waals surface area (Å²) in [6.07, 6.45) is 53.9. The molecule has 4 atom stereocenters. The van der Waals surface area contributed by atoms with Gasteiger partial charge in [-0.2, -0.15) is 0 Å². The quantitative estimate of drug-likeness (QED) is 0.0532. The summed E-state index contributed by atoms with van der Waals surface area (Å²) in [5.74, 6) is -0.303. The van der Waals surface area contributed by atoms with E-state index in [9.17, 15) is 0 Å². The van der Waals surface area contributed by atoms with Crippen molar-refractivity contribution in [3.63, 3.8) is 0 Å². The Morgan fingerprint density at radius 3 is 1.23 bits per heavy atom. The van der Waals surface area contributed by atoms with E-state index in [4.69, 9.17) is 9.47 Å². The van der Waals surface area contributed by atoms with E-state index in [0.29, 0.717) is 18.2 Å². The van der Waals surface area contributed by atoms with Crippen LogP contribution in [-0.2, 0) is 9.47 Å². The Balaban J connectivity index is 1.54. The summed E-state index contributed by atoms with van der Waals surface area (Å²) in [4.78, 5) is 2.36. The van der Waals surface area contributed by atoms with Gasteiger partial charge in [-0.1, -0.05) is 147 Å². The molecule has 3 heteroatoms. The second-order valence-electron chi connectivity index (χ2n) is 15.3. The van der Waals surface area contributed by atoms with Gasteiger partial charge < -0.3 is 14.4 Å². The van der Waals surface area contributed by atoms with Crippen molar-refractivity contribution in [2.45, 2.75) is 231 Å². The minimum atomic E-state index is -0.303. The number of unbranched alkanes of at least 4 members (excludes halogenated alkanes) is 21. The first-order chi connectivity index (χ1) is 23.1. The van der Waals surface area contributed by atoms with E-state index in [0.717, 1.165) is 32.1 Å². The molecular weight excluding hydrogens is 574 g/mol. The van der Waals surface area contributed by atoms with Crippen LogP contribution >= 0.6 is 0 Å². The van der Waals surface area contributed by atoms with Crippen molar-refractivity contribution in [3.05, 3.63) is 36.5 Å². The molecule has 2 rings (SSSR count). The van der Waals surface area contributed by atoms with Gasteiger partial charge in [0.05, 0.1) is 12.2 Å². The van der Waals surface area contributed by atoms with E-state index in [-0.39, 0.29) is 5.79 Å². The lowest BCUT2D eigenvalue weighted by molar-refractivity contribution is -0.193. The van der Waals surface area contributed by atoms with Crippen molar-refractivity contribution < 1.29 is 9.47 Å². The summed E-state index contributed by atoms with van der Waals surface area (Å²) in [6.45, 7) is 4.57. The highest BCUT2D eigenvalue weighted by atomic mass is 16.8. The smallest absolute Gasteiger partial charge is 0.169 e. The predicted molar refractivity (Wildman–Crippen MR) is 207 cm³/mol. The van der Waals surface area contributed by atoms with Crippen LogP contribution in [-0.4, -0.2) is 43.0 Å². The molecule has 0 aromatic rings. The first-order valence-electron chi connectivity index (χ1n) is 21.1. The van der Waals surface area contributed by atoms with Crippen LogP contribution in [0, 0.1) is 0 Å². The number of ether oxygens (including phenoxy) is 2. The summed E-state index contributed by atoms with van der Waals surface area (Å²) in [6, 6.07) is 0.607. The Bertz CT molecular complexity index is 772. The number of nitrogens with zero attached hydrogens (tertiary/aromatic N) is 1. The minimum absolute atomic E-state index is 0.303. The fourth-order valence-electron chi connectivity index (χ4n) is 7.57. The van der Waals surface area contributed by atoms with Crippen molar-refractivity contribution in [1.29, 1.82) is 0 Å². The van der Waals surface area contributed by atoms with E-state index in [2.05, 4.69) is 69.3 Å². The second kappa shape index (κ2) is 28.9. The van der Waals surface area contributed by atoms with Crippen molar-refractivity contribution >= 4 is 0 Å². The molecule has 1 heterocycles. The molecule has 0 aromatic carbocycles. The van der Waals surface area contributed by atoms with Gasteiger partial charge in [0.25, 0.3) is 0 Å². The molecule has 3 nitrogen and oxygen atoms in total. The van der Waals surface area contributed by atoms with Crippen LogP contribution in [0.2, 0.25) is 0 Å². The Labute approximate surface area is 294 Å². The third-order valence-corrected chi connectivity index (χ3v) is 10.7. The van der Waals surface area contributed by atoms with Gasteiger partial charge in [0, 0.05) is 18.9 Å². The van der Waals surface area contributed by atoms with Crippen molar-refractivity contribution in [3.8, 4) is 0 Å². The average molecular weight is 656 g/mol. The molecule has 1 aliphatic carbocycles. The average Bonchev–Trinajstić information content (AvgIpc) is 3.61. The van der Waals surface area contributed by atoms with Gasteiger partial charge in [-0.3, -0.25) is 0 Å². The van der Waals surface area contributed by atoms with Crippen LogP contribution in [0.25, 0.3) is 0 Å². The lowest BCUT2D eigenvalue weighted by atomic mass is 9.98. The molecule has 0 N–H and O–H groups in total. The SMILES string of the molecule is CCCCC/C=C\C/C=C\CCCCCCCCC1(CCCCCCCC/C=C\CCCCCCCC)O[C@H]2C[C@@H](N(C)C)C[C@H]2O1. The van der Waals surface area contributed by atoms with Crippen LogP contribution in [0.3, 0.4) is 0 Å². The van der Waals surface area contributed by atoms with E-state index in [1.54, 1.807) is 0 Å². The standard InChI is InChI=1S/C44H81NO2/c1-5-7-9-11-13-15-17-19-21-23-25-27-29-31-33-35-37-44(46-42-39-41(45(3)4)40-43(42)47-44)38-36-34-32-30-28-26-24-22-20-18-16-14-12-10-8-6-2/h13,15,19-22,41-43H,5-12,14,16-18,23-40H2,1-4H3/b15-13-,21-19-,22-20-/t41-,42+,43-,44?. The molecule has 2 fully saturated rings. The number of hydrogen-bond donors (Lipinski definition) is 0. The molecular formula is C44H81NO2. The van der Waals surface area contributed by atoms with Crippen LogP contribution in [0.5, 0.6) is 0 Å². The zero-order valence-electron chi connectivity index (χ0n) is 32.2. The van der Waals surface area contributed by atoms with Crippen LogP contribution in [0.4, 0.5) is 0 Å². The van der Waals surface area contributed by atoms with Crippen molar-refractivity contribution in [2.24, 2.45) is 0 Å². The monoisotopic (exact) mass is 656 g/mol. The fraction of sp³-hybridized carbons (Fsp3) is 0.864. The molecule has 274 valence electrons. The highest BCUT2D eigenvalue weighted by molar-refractivity contribution is 4.96. The molecule has 0 aromatic heterocycles. The Morgan fingerprint density at radius 2 is 0.809 bits per heavy atom. The number of allylic oxidation sites excluding steroid dienone is 6.